The molecule has 3 N–H and O–H groups in total. The number of nitrogens with zero attached hydrogens (tertiary/aromatic N) is 2. The Bertz CT molecular complexity index is 625. The van der Waals surface area contributed by atoms with Crippen LogP contribution in [0.3, 0.4) is 0 Å². The minimum absolute atomic E-state index is 0.0362. The number of carboxylic acids is 1. The zero-order valence-electron chi connectivity index (χ0n) is 9.81. The maximum atomic E-state index is 11.6. The number of benzene rings is 1. The Labute approximate surface area is 112 Å². The summed E-state index contributed by atoms with van der Waals surface area (Å²) in [7, 11) is 0. The number of alkyl halides is 1. The molecule has 0 bridgehead atoms. The highest BCUT2D eigenvalue weighted by Crippen LogP contribution is 2.22. The van der Waals surface area contributed by atoms with Gasteiger partial charge < -0.3 is 10.4 Å². The molecule has 1 amide bonds. The fourth-order valence-corrected chi connectivity index (χ4v) is 1.74. The summed E-state index contributed by atoms with van der Waals surface area (Å²) in [5.41, 5.74) is 1.16. The van der Waals surface area contributed by atoms with Crippen LogP contribution in [0.4, 0.5) is 5.69 Å². The number of halogens is 1. The number of carbonyl (C=O) groups excluding carboxylic acids is 1. The van der Waals surface area contributed by atoms with Gasteiger partial charge in [-0.3, -0.25) is 4.79 Å². The first-order chi connectivity index (χ1) is 9.11. The second-order valence-corrected chi connectivity index (χ2v) is 4.24. The first-order valence-electron chi connectivity index (χ1n) is 5.55. The Kier molecular flexibility index (Phi) is 3.96. The first-order valence-corrected chi connectivity index (χ1v) is 6.09. The van der Waals surface area contributed by atoms with Crippen LogP contribution >= 0.6 is 11.6 Å². The van der Waals surface area contributed by atoms with Gasteiger partial charge in [0.25, 0.3) is 0 Å². The van der Waals surface area contributed by atoms with Gasteiger partial charge in [-0.2, -0.15) is 15.4 Å². The SMILES string of the molecule is O=C(CCCCl)Nc1cc(C(=O)O)cc2n[nH]nc12. The minimum atomic E-state index is -1.10. The molecule has 0 unspecified atom stereocenters. The summed E-state index contributed by atoms with van der Waals surface area (Å²) in [6, 6.07) is 2.74. The van der Waals surface area contributed by atoms with Crippen LogP contribution in [-0.2, 0) is 4.79 Å². The van der Waals surface area contributed by atoms with Crippen LogP contribution in [0.25, 0.3) is 11.0 Å². The topological polar surface area (TPSA) is 108 Å². The molecule has 0 fully saturated rings. The lowest BCUT2D eigenvalue weighted by molar-refractivity contribution is -0.116. The highest BCUT2D eigenvalue weighted by Gasteiger charge is 2.13. The third-order valence-corrected chi connectivity index (χ3v) is 2.75. The Balaban J connectivity index is 2.32. The molecule has 2 aromatic rings. The molecule has 0 atom stereocenters. The van der Waals surface area contributed by atoms with Crippen LogP contribution in [0.5, 0.6) is 0 Å². The quantitative estimate of drug-likeness (QED) is 0.722. The standard InChI is InChI=1S/C11H11ClN4O3/c12-3-1-2-9(17)13-7-4-6(11(18)19)5-8-10(7)15-16-14-8/h4-5H,1-3H2,(H,13,17)(H,18,19)(H,14,15,16). The van der Waals surface area contributed by atoms with Crippen molar-refractivity contribution in [2.75, 3.05) is 11.2 Å². The summed E-state index contributed by atoms with van der Waals surface area (Å²) < 4.78 is 0. The summed E-state index contributed by atoms with van der Waals surface area (Å²) >= 11 is 5.51. The lowest BCUT2D eigenvalue weighted by Gasteiger charge is -2.06. The monoisotopic (exact) mass is 282 g/mol. The van der Waals surface area contributed by atoms with Crippen molar-refractivity contribution in [1.29, 1.82) is 0 Å². The van der Waals surface area contributed by atoms with Crippen molar-refractivity contribution in [3.05, 3.63) is 17.7 Å². The molecule has 0 aliphatic heterocycles. The van der Waals surface area contributed by atoms with Gasteiger partial charge in [0.15, 0.2) is 0 Å². The van der Waals surface area contributed by atoms with E-state index in [-0.39, 0.29) is 17.9 Å². The van der Waals surface area contributed by atoms with Gasteiger partial charge in [0.2, 0.25) is 5.91 Å². The Hall–Kier alpha value is -2.15. The summed E-state index contributed by atoms with van der Waals surface area (Å²) in [4.78, 5) is 22.6. The van der Waals surface area contributed by atoms with Gasteiger partial charge >= 0.3 is 5.97 Å². The smallest absolute Gasteiger partial charge is 0.335 e. The molecule has 1 aromatic heterocycles. The predicted molar refractivity (Wildman–Crippen MR) is 69.4 cm³/mol. The number of rotatable bonds is 5. The molecular formula is C11H11ClN4O3. The van der Waals surface area contributed by atoms with Crippen LogP contribution in [-0.4, -0.2) is 38.3 Å². The molecule has 0 spiro atoms. The Morgan fingerprint density at radius 3 is 2.84 bits per heavy atom. The van der Waals surface area contributed by atoms with E-state index in [0.717, 1.165) is 0 Å². The number of H-pyrrole nitrogens is 1. The van der Waals surface area contributed by atoms with Crippen LogP contribution in [0.15, 0.2) is 12.1 Å². The zero-order chi connectivity index (χ0) is 13.8. The lowest BCUT2D eigenvalue weighted by Crippen LogP contribution is -2.12. The van der Waals surface area contributed by atoms with Crippen molar-refractivity contribution < 1.29 is 14.7 Å². The number of carboxylic acid groups (broad SMARTS) is 1. The largest absolute Gasteiger partial charge is 0.478 e. The molecule has 19 heavy (non-hydrogen) atoms. The lowest BCUT2D eigenvalue weighted by atomic mass is 10.1. The average Bonchev–Trinajstić information content (AvgIpc) is 2.84. The van der Waals surface area contributed by atoms with Crippen LogP contribution in [0.1, 0.15) is 23.2 Å². The fraction of sp³-hybridized carbons (Fsp3) is 0.273. The Morgan fingerprint density at radius 1 is 1.37 bits per heavy atom. The van der Waals surface area contributed by atoms with Crippen LogP contribution in [0.2, 0.25) is 0 Å². The van der Waals surface area contributed by atoms with Crippen molar-refractivity contribution in [2.24, 2.45) is 0 Å². The molecule has 0 radical (unpaired) electrons. The third kappa shape index (κ3) is 3.00. The maximum Gasteiger partial charge on any atom is 0.335 e. The number of hydrogen-bond acceptors (Lipinski definition) is 4. The fourth-order valence-electron chi connectivity index (χ4n) is 1.61. The van der Waals surface area contributed by atoms with Crippen LogP contribution in [0, 0.1) is 0 Å². The van der Waals surface area contributed by atoms with E-state index < -0.39 is 5.97 Å². The first kappa shape index (κ1) is 13.3. The molecule has 0 aliphatic rings. The summed E-state index contributed by atoms with van der Waals surface area (Å²) in [6.07, 6.45) is 0.814. The van der Waals surface area contributed by atoms with Gasteiger partial charge in [-0.25, -0.2) is 4.79 Å². The molecule has 7 nitrogen and oxygen atoms in total. The van der Waals surface area contributed by atoms with E-state index in [4.69, 9.17) is 16.7 Å². The number of carbonyl (C=O) groups is 2. The number of fused-ring (bicyclic) bond motifs is 1. The zero-order valence-corrected chi connectivity index (χ0v) is 10.6. The molecule has 1 aromatic carbocycles. The van der Waals surface area contributed by atoms with Gasteiger partial charge in [0.1, 0.15) is 11.0 Å². The highest BCUT2D eigenvalue weighted by atomic mass is 35.5. The van der Waals surface area contributed by atoms with E-state index in [1.807, 2.05) is 0 Å². The van der Waals surface area contributed by atoms with E-state index in [1.54, 1.807) is 0 Å². The van der Waals surface area contributed by atoms with Crippen LogP contribution < -0.4 is 5.32 Å². The van der Waals surface area contributed by atoms with E-state index >= 15 is 0 Å². The summed E-state index contributed by atoms with van der Waals surface area (Å²) in [5, 5.41) is 21.7. The Morgan fingerprint density at radius 2 is 2.16 bits per heavy atom. The molecular weight excluding hydrogens is 272 g/mol. The molecule has 8 heteroatoms. The van der Waals surface area contributed by atoms with E-state index in [2.05, 4.69) is 20.7 Å². The maximum absolute atomic E-state index is 11.6. The van der Waals surface area contributed by atoms with E-state index in [1.165, 1.54) is 12.1 Å². The number of aromatic carboxylic acids is 1. The van der Waals surface area contributed by atoms with Gasteiger partial charge in [0, 0.05) is 12.3 Å². The normalized spacial score (nSPS) is 10.6. The van der Waals surface area contributed by atoms with Gasteiger partial charge in [0.05, 0.1) is 11.3 Å². The van der Waals surface area contributed by atoms with E-state index in [9.17, 15) is 9.59 Å². The molecule has 2 rings (SSSR count). The van der Waals surface area contributed by atoms with Crippen molar-refractivity contribution in [3.8, 4) is 0 Å². The van der Waals surface area contributed by atoms with Gasteiger partial charge in [-0.1, -0.05) is 0 Å². The number of aromatic nitrogens is 3. The van der Waals surface area contributed by atoms with Crippen molar-refractivity contribution in [3.63, 3.8) is 0 Å². The molecule has 0 aliphatic carbocycles. The number of hydrogen-bond donors (Lipinski definition) is 3. The third-order valence-electron chi connectivity index (χ3n) is 2.48. The molecule has 0 saturated heterocycles. The number of anilines is 1. The van der Waals surface area contributed by atoms with Crippen molar-refractivity contribution in [1.82, 2.24) is 15.4 Å². The summed E-state index contributed by atoms with van der Waals surface area (Å²) in [6.45, 7) is 0. The van der Waals surface area contributed by atoms with Crippen molar-refractivity contribution >= 4 is 40.2 Å². The number of aromatic amines is 1. The average molecular weight is 283 g/mol. The molecule has 0 saturated carbocycles. The predicted octanol–water partition coefficient (Wildman–Crippen LogP) is 1.61. The van der Waals surface area contributed by atoms with Gasteiger partial charge in [-0.15, -0.1) is 11.6 Å². The second-order valence-electron chi connectivity index (χ2n) is 3.86. The molecule has 1 heterocycles. The minimum Gasteiger partial charge on any atom is -0.478 e. The van der Waals surface area contributed by atoms with Gasteiger partial charge in [-0.05, 0) is 18.6 Å². The number of nitrogens with one attached hydrogen (secondary N) is 2. The van der Waals surface area contributed by atoms with Crippen molar-refractivity contribution in [2.45, 2.75) is 12.8 Å². The molecule has 100 valence electrons. The summed E-state index contributed by atoms with van der Waals surface area (Å²) in [5.74, 6) is -0.948. The number of amides is 1. The van der Waals surface area contributed by atoms with E-state index in [0.29, 0.717) is 29.0 Å². The second kappa shape index (κ2) is 5.66. The highest BCUT2D eigenvalue weighted by molar-refractivity contribution is 6.18.